The van der Waals surface area contributed by atoms with Gasteiger partial charge in [-0.25, -0.2) is 0 Å². The summed E-state index contributed by atoms with van der Waals surface area (Å²) in [6.45, 7) is 5.35. The molecule has 5 nitrogen and oxygen atoms in total. The Morgan fingerprint density at radius 3 is 2.89 bits per heavy atom. The monoisotopic (exact) mass is 265 g/mol. The summed E-state index contributed by atoms with van der Waals surface area (Å²) in [5, 5.41) is 11.9. The van der Waals surface area contributed by atoms with Gasteiger partial charge in [0, 0.05) is 12.1 Å². The van der Waals surface area contributed by atoms with Crippen molar-refractivity contribution in [3.63, 3.8) is 0 Å². The van der Waals surface area contributed by atoms with Gasteiger partial charge in [0.1, 0.15) is 0 Å². The lowest BCUT2D eigenvalue weighted by Crippen LogP contribution is -2.36. The van der Waals surface area contributed by atoms with Crippen LogP contribution in [0.1, 0.15) is 12.5 Å². The second-order valence-electron chi connectivity index (χ2n) is 3.90. The van der Waals surface area contributed by atoms with Gasteiger partial charge >= 0.3 is 0 Å². The van der Waals surface area contributed by atoms with Crippen LogP contribution in [0.15, 0.2) is 30.9 Å². The number of amides is 1. The van der Waals surface area contributed by atoms with E-state index in [2.05, 4.69) is 11.9 Å². The average molecular weight is 265 g/mol. The maximum absolute atomic E-state index is 11.7. The number of ether oxygens (including phenoxy) is 2. The van der Waals surface area contributed by atoms with Crippen LogP contribution in [0, 0.1) is 0 Å². The zero-order valence-corrected chi connectivity index (χ0v) is 11.2. The minimum atomic E-state index is -0.693. The number of carbonyl (C=O) groups excluding carboxylic acids is 1. The third kappa shape index (κ3) is 3.99. The minimum Gasteiger partial charge on any atom is -0.493 e. The molecule has 1 aromatic carbocycles. The zero-order valence-electron chi connectivity index (χ0n) is 11.2. The first kappa shape index (κ1) is 15.0. The molecule has 0 saturated heterocycles. The molecule has 0 fully saturated rings. The summed E-state index contributed by atoms with van der Waals surface area (Å²) >= 11 is 0. The van der Waals surface area contributed by atoms with Crippen LogP contribution in [0.4, 0.5) is 0 Å². The summed E-state index contributed by atoms with van der Waals surface area (Å²) in [5.41, 5.74) is 0.572. The summed E-state index contributed by atoms with van der Waals surface area (Å²) in [6.07, 6.45) is 0.897. The number of nitrogens with one attached hydrogen (secondary N) is 1. The fraction of sp³-hybridized carbons (Fsp3) is 0.357. The van der Waals surface area contributed by atoms with Crippen LogP contribution < -0.4 is 14.8 Å². The van der Waals surface area contributed by atoms with Crippen molar-refractivity contribution in [3.05, 3.63) is 36.4 Å². The quantitative estimate of drug-likeness (QED) is 0.728. The Hall–Kier alpha value is -2.01. The van der Waals surface area contributed by atoms with Gasteiger partial charge in [0.2, 0.25) is 0 Å². The summed E-state index contributed by atoms with van der Waals surface area (Å²) in [4.78, 5) is 11.7. The molecule has 0 spiro atoms. The topological polar surface area (TPSA) is 67.8 Å². The third-order valence-electron chi connectivity index (χ3n) is 2.54. The Balaban J connectivity index is 2.85. The van der Waals surface area contributed by atoms with Gasteiger partial charge in [0.15, 0.2) is 17.6 Å². The SMILES string of the molecule is C=CCNC(=O)C(C)Oc1c(CO)cccc1OC. The number of hydrogen-bond acceptors (Lipinski definition) is 4. The molecule has 2 N–H and O–H groups in total. The van der Waals surface area contributed by atoms with Gasteiger partial charge in [0.25, 0.3) is 5.91 Å². The van der Waals surface area contributed by atoms with E-state index >= 15 is 0 Å². The Kier molecular flexibility index (Phi) is 5.89. The predicted molar refractivity (Wildman–Crippen MR) is 72.2 cm³/mol. The number of methoxy groups -OCH3 is 1. The van der Waals surface area contributed by atoms with Crippen LogP contribution in [0.3, 0.4) is 0 Å². The van der Waals surface area contributed by atoms with E-state index in [1.54, 1.807) is 31.2 Å². The van der Waals surface area contributed by atoms with E-state index in [1.165, 1.54) is 7.11 Å². The van der Waals surface area contributed by atoms with E-state index in [-0.39, 0.29) is 12.5 Å². The van der Waals surface area contributed by atoms with Crippen LogP contribution in [0.2, 0.25) is 0 Å². The molecule has 104 valence electrons. The fourth-order valence-electron chi connectivity index (χ4n) is 1.53. The second kappa shape index (κ2) is 7.43. The first-order chi connectivity index (χ1) is 9.13. The van der Waals surface area contributed by atoms with Crippen molar-refractivity contribution in [2.75, 3.05) is 13.7 Å². The largest absolute Gasteiger partial charge is 0.493 e. The van der Waals surface area contributed by atoms with Gasteiger partial charge in [-0.1, -0.05) is 18.2 Å². The Morgan fingerprint density at radius 2 is 2.32 bits per heavy atom. The van der Waals surface area contributed by atoms with Gasteiger partial charge < -0.3 is 19.9 Å². The predicted octanol–water partition coefficient (Wildman–Crippen LogP) is 1.26. The molecule has 1 unspecified atom stereocenters. The second-order valence-corrected chi connectivity index (χ2v) is 3.90. The number of aliphatic hydroxyl groups excluding tert-OH is 1. The average Bonchev–Trinajstić information content (AvgIpc) is 2.44. The van der Waals surface area contributed by atoms with Gasteiger partial charge in [-0.05, 0) is 13.0 Å². The van der Waals surface area contributed by atoms with E-state index in [0.29, 0.717) is 23.6 Å². The van der Waals surface area contributed by atoms with Crippen molar-refractivity contribution >= 4 is 5.91 Å². The molecule has 0 aliphatic carbocycles. The minimum absolute atomic E-state index is 0.187. The van der Waals surface area contributed by atoms with E-state index in [0.717, 1.165) is 0 Å². The standard InChI is InChI=1S/C14H19NO4/c1-4-8-15-14(17)10(2)19-13-11(9-16)6-5-7-12(13)18-3/h4-7,10,16H,1,8-9H2,2-3H3,(H,15,17). The van der Waals surface area contributed by atoms with E-state index in [9.17, 15) is 9.90 Å². The normalized spacial score (nSPS) is 11.5. The van der Waals surface area contributed by atoms with Gasteiger partial charge in [-0.2, -0.15) is 0 Å². The summed E-state index contributed by atoms with van der Waals surface area (Å²) in [6, 6.07) is 5.18. The third-order valence-corrected chi connectivity index (χ3v) is 2.54. The van der Waals surface area contributed by atoms with Crippen molar-refractivity contribution < 1.29 is 19.4 Å². The lowest BCUT2D eigenvalue weighted by molar-refractivity contribution is -0.127. The fourth-order valence-corrected chi connectivity index (χ4v) is 1.53. The molecule has 5 heteroatoms. The van der Waals surface area contributed by atoms with Crippen molar-refractivity contribution in [1.82, 2.24) is 5.32 Å². The van der Waals surface area contributed by atoms with Crippen molar-refractivity contribution in [1.29, 1.82) is 0 Å². The highest BCUT2D eigenvalue weighted by atomic mass is 16.5. The van der Waals surface area contributed by atoms with E-state index < -0.39 is 6.10 Å². The molecule has 0 heterocycles. The number of benzene rings is 1. The van der Waals surface area contributed by atoms with E-state index in [1.807, 2.05) is 0 Å². The maximum atomic E-state index is 11.7. The number of rotatable bonds is 7. The van der Waals surface area contributed by atoms with Gasteiger partial charge in [-0.3, -0.25) is 4.79 Å². The molecule has 0 aliphatic rings. The first-order valence-electron chi connectivity index (χ1n) is 5.96. The highest BCUT2D eigenvalue weighted by Gasteiger charge is 2.18. The summed E-state index contributed by atoms with van der Waals surface area (Å²) in [5.74, 6) is 0.610. The summed E-state index contributed by atoms with van der Waals surface area (Å²) < 4.78 is 10.8. The molecule has 1 aromatic rings. The molecular weight excluding hydrogens is 246 g/mol. The van der Waals surface area contributed by atoms with Crippen molar-refractivity contribution in [2.24, 2.45) is 0 Å². The van der Waals surface area contributed by atoms with E-state index in [4.69, 9.17) is 9.47 Å². The number of hydrogen-bond donors (Lipinski definition) is 2. The molecule has 19 heavy (non-hydrogen) atoms. The lowest BCUT2D eigenvalue weighted by atomic mass is 10.2. The van der Waals surface area contributed by atoms with Crippen LogP contribution in [-0.4, -0.2) is 30.8 Å². The van der Waals surface area contributed by atoms with Crippen LogP contribution in [-0.2, 0) is 11.4 Å². The number of para-hydroxylation sites is 1. The molecule has 0 aliphatic heterocycles. The molecule has 0 radical (unpaired) electrons. The van der Waals surface area contributed by atoms with Crippen LogP contribution >= 0.6 is 0 Å². The maximum Gasteiger partial charge on any atom is 0.261 e. The first-order valence-corrected chi connectivity index (χ1v) is 5.96. The lowest BCUT2D eigenvalue weighted by Gasteiger charge is -2.18. The Morgan fingerprint density at radius 1 is 1.58 bits per heavy atom. The molecular formula is C14H19NO4. The smallest absolute Gasteiger partial charge is 0.261 e. The van der Waals surface area contributed by atoms with Crippen molar-refractivity contribution in [2.45, 2.75) is 19.6 Å². The molecule has 0 bridgehead atoms. The van der Waals surface area contributed by atoms with Crippen molar-refractivity contribution in [3.8, 4) is 11.5 Å². The molecule has 1 amide bonds. The molecule has 1 rings (SSSR count). The zero-order chi connectivity index (χ0) is 14.3. The van der Waals surface area contributed by atoms with Gasteiger partial charge in [0.05, 0.1) is 13.7 Å². The highest BCUT2D eigenvalue weighted by Crippen LogP contribution is 2.31. The number of aliphatic hydroxyl groups is 1. The highest BCUT2D eigenvalue weighted by molar-refractivity contribution is 5.81. The Labute approximate surface area is 112 Å². The number of carbonyl (C=O) groups is 1. The van der Waals surface area contributed by atoms with Crippen LogP contribution in [0.25, 0.3) is 0 Å². The molecule has 1 atom stereocenters. The van der Waals surface area contributed by atoms with Crippen LogP contribution in [0.5, 0.6) is 11.5 Å². The van der Waals surface area contributed by atoms with Gasteiger partial charge in [-0.15, -0.1) is 6.58 Å². The summed E-state index contributed by atoms with van der Waals surface area (Å²) in [7, 11) is 1.51. The molecule has 0 saturated carbocycles. The Bertz CT molecular complexity index is 423. The molecule has 0 aromatic heterocycles.